The zero-order chi connectivity index (χ0) is 22.3. The zero-order valence-electron chi connectivity index (χ0n) is 18.0. The highest BCUT2D eigenvalue weighted by Gasteiger charge is 2.24. The minimum atomic E-state index is -3.72. The van der Waals surface area contributed by atoms with Crippen LogP contribution in [0.15, 0.2) is 53.4 Å². The van der Waals surface area contributed by atoms with Gasteiger partial charge in [-0.2, -0.15) is 0 Å². The van der Waals surface area contributed by atoms with Crippen LogP contribution in [0.1, 0.15) is 40.7 Å². The molecule has 7 heteroatoms. The molecule has 1 aliphatic rings. The molecule has 2 aromatic rings. The first-order chi connectivity index (χ1) is 15.0. The monoisotopic (exact) mass is 443 g/mol. The summed E-state index contributed by atoms with van der Waals surface area (Å²) in [5.74, 6) is -0.669. The smallest absolute Gasteiger partial charge is 0.341 e. The van der Waals surface area contributed by atoms with Gasteiger partial charge in [-0.25, -0.2) is 13.2 Å². The summed E-state index contributed by atoms with van der Waals surface area (Å²) in [7, 11) is -1.02. The molecule has 1 heterocycles. The minimum absolute atomic E-state index is 0.134. The normalized spacial score (nSPS) is 15.2. The van der Waals surface area contributed by atoms with Crippen molar-refractivity contribution in [2.75, 3.05) is 33.9 Å². The van der Waals surface area contributed by atoms with Gasteiger partial charge in [-0.3, -0.25) is 4.90 Å². The first-order valence-electron chi connectivity index (χ1n) is 10.4. The molecule has 2 aromatic carbocycles. The van der Waals surface area contributed by atoms with Gasteiger partial charge in [-0.15, -0.1) is 0 Å². The SMILES string of the molecule is COC(=O)c1c(CS(=O)(=O)c2ccccc2C=CCN2CCCCC2)cccc1OC. The number of nitrogens with zero attached hydrogens (tertiary/aromatic N) is 1. The average molecular weight is 444 g/mol. The predicted molar refractivity (Wildman–Crippen MR) is 121 cm³/mol. The molecule has 6 nitrogen and oxygen atoms in total. The molecule has 1 aliphatic heterocycles. The zero-order valence-corrected chi connectivity index (χ0v) is 18.9. The molecular formula is C24H29NO5S. The maximum absolute atomic E-state index is 13.3. The number of hydrogen-bond donors (Lipinski definition) is 0. The van der Waals surface area contributed by atoms with Gasteiger partial charge >= 0.3 is 5.97 Å². The third-order valence-corrected chi connectivity index (χ3v) is 7.16. The summed E-state index contributed by atoms with van der Waals surface area (Å²) in [4.78, 5) is 14.9. The van der Waals surface area contributed by atoms with Crippen molar-refractivity contribution in [3.8, 4) is 5.75 Å². The Kier molecular flexibility index (Phi) is 7.87. The Morgan fingerprint density at radius 1 is 1.03 bits per heavy atom. The molecule has 0 amide bonds. The van der Waals surface area contributed by atoms with Crippen LogP contribution in [0.25, 0.3) is 6.08 Å². The molecule has 0 bridgehead atoms. The fraction of sp³-hybridized carbons (Fsp3) is 0.375. The van der Waals surface area contributed by atoms with E-state index < -0.39 is 15.8 Å². The quantitative estimate of drug-likeness (QED) is 0.575. The first-order valence-corrected chi connectivity index (χ1v) is 12.1. The van der Waals surface area contributed by atoms with E-state index in [1.54, 1.807) is 36.4 Å². The molecule has 0 aromatic heterocycles. The summed E-state index contributed by atoms with van der Waals surface area (Å²) < 4.78 is 36.7. The lowest BCUT2D eigenvalue weighted by Gasteiger charge is -2.24. The lowest BCUT2D eigenvalue weighted by atomic mass is 10.1. The maximum Gasteiger partial charge on any atom is 0.341 e. The van der Waals surface area contributed by atoms with Gasteiger partial charge in [-0.1, -0.05) is 48.9 Å². The van der Waals surface area contributed by atoms with Gasteiger partial charge in [0.2, 0.25) is 0 Å². The summed E-state index contributed by atoms with van der Waals surface area (Å²) >= 11 is 0. The summed E-state index contributed by atoms with van der Waals surface area (Å²) in [5.41, 5.74) is 1.12. The highest BCUT2D eigenvalue weighted by atomic mass is 32.2. The van der Waals surface area contributed by atoms with Crippen LogP contribution in [0, 0.1) is 0 Å². The molecule has 1 fully saturated rings. The molecule has 0 aliphatic carbocycles. The number of sulfone groups is 1. The van der Waals surface area contributed by atoms with Crippen molar-refractivity contribution in [1.29, 1.82) is 0 Å². The van der Waals surface area contributed by atoms with Gasteiger partial charge < -0.3 is 9.47 Å². The Hall–Kier alpha value is -2.64. The van der Waals surface area contributed by atoms with E-state index in [-0.39, 0.29) is 22.0 Å². The third-order valence-electron chi connectivity index (χ3n) is 5.43. The van der Waals surface area contributed by atoms with Crippen molar-refractivity contribution >= 4 is 21.9 Å². The third kappa shape index (κ3) is 5.74. The lowest BCUT2D eigenvalue weighted by Crippen LogP contribution is -2.29. The molecule has 3 rings (SSSR count). The molecule has 0 spiro atoms. The number of likely N-dealkylation sites (tertiary alicyclic amines) is 1. The van der Waals surface area contributed by atoms with Crippen molar-refractivity contribution in [2.45, 2.75) is 29.9 Å². The van der Waals surface area contributed by atoms with Crippen LogP contribution in [0.2, 0.25) is 0 Å². The molecule has 0 atom stereocenters. The minimum Gasteiger partial charge on any atom is -0.496 e. The average Bonchev–Trinajstić information content (AvgIpc) is 2.79. The predicted octanol–water partition coefficient (Wildman–Crippen LogP) is 3.95. The van der Waals surface area contributed by atoms with E-state index >= 15 is 0 Å². The number of rotatable bonds is 8. The molecule has 1 saturated heterocycles. The van der Waals surface area contributed by atoms with Crippen LogP contribution in [-0.4, -0.2) is 53.1 Å². The van der Waals surface area contributed by atoms with Gasteiger partial charge in [0.1, 0.15) is 11.3 Å². The summed E-state index contributed by atoms with van der Waals surface area (Å²) in [5, 5.41) is 0. The largest absolute Gasteiger partial charge is 0.496 e. The van der Waals surface area contributed by atoms with E-state index in [0.717, 1.165) is 19.6 Å². The number of hydrogen-bond acceptors (Lipinski definition) is 6. The molecule has 0 N–H and O–H groups in total. The van der Waals surface area contributed by atoms with Crippen LogP contribution < -0.4 is 4.74 Å². The van der Waals surface area contributed by atoms with E-state index in [9.17, 15) is 13.2 Å². The van der Waals surface area contributed by atoms with E-state index in [1.807, 2.05) is 18.2 Å². The molecule has 166 valence electrons. The van der Waals surface area contributed by atoms with Crippen molar-refractivity contribution in [1.82, 2.24) is 4.90 Å². The van der Waals surface area contributed by atoms with Crippen LogP contribution in [0.3, 0.4) is 0 Å². The van der Waals surface area contributed by atoms with Gasteiger partial charge in [0.15, 0.2) is 9.84 Å². The number of carbonyl (C=O) groups is 1. The second-order valence-electron chi connectivity index (χ2n) is 7.55. The van der Waals surface area contributed by atoms with E-state index in [2.05, 4.69) is 4.90 Å². The fourth-order valence-electron chi connectivity index (χ4n) is 3.86. The van der Waals surface area contributed by atoms with Crippen LogP contribution in [0.5, 0.6) is 5.75 Å². The Balaban J connectivity index is 1.87. The number of carbonyl (C=O) groups excluding carboxylic acids is 1. The number of piperidine rings is 1. The Labute approximate surface area is 184 Å². The number of ether oxygens (including phenoxy) is 2. The van der Waals surface area contributed by atoms with Gasteiger partial charge in [0, 0.05) is 6.54 Å². The van der Waals surface area contributed by atoms with Crippen LogP contribution in [0.4, 0.5) is 0 Å². The van der Waals surface area contributed by atoms with Gasteiger partial charge in [0.25, 0.3) is 0 Å². The highest BCUT2D eigenvalue weighted by Crippen LogP contribution is 2.28. The molecule has 31 heavy (non-hydrogen) atoms. The first kappa shape index (κ1) is 23.0. The fourth-order valence-corrected chi connectivity index (χ4v) is 5.44. The topological polar surface area (TPSA) is 72.9 Å². The maximum atomic E-state index is 13.3. The molecule has 0 saturated carbocycles. The van der Waals surface area contributed by atoms with Gasteiger partial charge in [-0.05, 0) is 49.2 Å². The van der Waals surface area contributed by atoms with E-state index in [0.29, 0.717) is 11.1 Å². The Morgan fingerprint density at radius 3 is 2.48 bits per heavy atom. The standard InChI is InChI=1S/C24H29NO5S/c1-29-21-13-8-11-20(23(21)24(26)30-2)18-31(27,28)22-14-5-4-10-19(22)12-9-17-25-15-6-3-7-16-25/h4-5,8-14H,3,6-7,15-18H2,1-2H3. The molecule has 0 radical (unpaired) electrons. The Bertz CT molecular complexity index is 1040. The van der Waals surface area contributed by atoms with E-state index in [4.69, 9.17) is 9.47 Å². The van der Waals surface area contributed by atoms with Gasteiger partial charge in [0.05, 0.1) is 24.9 Å². The number of methoxy groups -OCH3 is 2. The lowest BCUT2D eigenvalue weighted by molar-refractivity contribution is 0.0596. The van der Waals surface area contributed by atoms with Crippen LogP contribution in [-0.2, 0) is 20.3 Å². The van der Waals surface area contributed by atoms with Crippen molar-refractivity contribution in [3.05, 3.63) is 65.2 Å². The summed E-state index contributed by atoms with van der Waals surface area (Å²) in [6, 6.07) is 11.8. The summed E-state index contributed by atoms with van der Waals surface area (Å²) in [6.07, 6.45) is 7.59. The van der Waals surface area contributed by atoms with E-state index in [1.165, 1.54) is 33.5 Å². The molecule has 0 unspecified atom stereocenters. The highest BCUT2D eigenvalue weighted by molar-refractivity contribution is 7.90. The number of esters is 1. The summed E-state index contributed by atoms with van der Waals surface area (Å²) in [6.45, 7) is 2.96. The Morgan fingerprint density at radius 2 is 1.77 bits per heavy atom. The molecular weight excluding hydrogens is 414 g/mol. The van der Waals surface area contributed by atoms with Crippen molar-refractivity contribution in [2.24, 2.45) is 0 Å². The second kappa shape index (κ2) is 10.6. The number of benzene rings is 2. The van der Waals surface area contributed by atoms with Crippen molar-refractivity contribution < 1.29 is 22.7 Å². The van der Waals surface area contributed by atoms with Crippen molar-refractivity contribution in [3.63, 3.8) is 0 Å². The van der Waals surface area contributed by atoms with Crippen LogP contribution >= 0.6 is 0 Å². The second-order valence-corrected chi connectivity index (χ2v) is 9.50.